The topological polar surface area (TPSA) is 32.3 Å². The smallest absolute Gasteiger partial charge is 0.0677 e. The quantitative estimate of drug-likeness (QED) is 0.682. The Hall–Kier alpha value is -0.810. The first-order chi connectivity index (χ1) is 10.3. The van der Waals surface area contributed by atoms with Crippen LogP contribution in [0.2, 0.25) is 0 Å². The molecule has 0 saturated carbocycles. The first kappa shape index (κ1) is 16.6. The highest BCUT2D eigenvalue weighted by Crippen LogP contribution is 2.30. The highest BCUT2D eigenvalue weighted by molar-refractivity contribution is 8.01. The van der Waals surface area contributed by atoms with Crippen LogP contribution in [0.1, 0.15) is 25.3 Å². The molecule has 0 aliphatic heterocycles. The zero-order valence-electron chi connectivity index (χ0n) is 12.4. The minimum Gasteiger partial charge on any atom is -0.394 e. The van der Waals surface area contributed by atoms with E-state index in [9.17, 15) is 5.11 Å². The van der Waals surface area contributed by atoms with Crippen molar-refractivity contribution in [2.45, 2.75) is 29.5 Å². The van der Waals surface area contributed by atoms with Gasteiger partial charge >= 0.3 is 0 Å². The number of thioether (sulfide) groups is 1. The van der Waals surface area contributed by atoms with Crippen molar-refractivity contribution in [3.05, 3.63) is 53.4 Å². The maximum absolute atomic E-state index is 10.0. The molecular weight excluding hydrogens is 298 g/mol. The fourth-order valence-electron chi connectivity index (χ4n) is 2.35. The summed E-state index contributed by atoms with van der Waals surface area (Å²) in [6.07, 6.45) is 1.97. The van der Waals surface area contributed by atoms with Gasteiger partial charge in [0.05, 0.1) is 16.4 Å². The van der Waals surface area contributed by atoms with Crippen molar-refractivity contribution >= 4 is 23.1 Å². The molecule has 2 aromatic rings. The van der Waals surface area contributed by atoms with Crippen LogP contribution in [0.15, 0.2) is 52.1 Å². The Morgan fingerprint density at radius 1 is 1.19 bits per heavy atom. The van der Waals surface area contributed by atoms with Crippen LogP contribution in [0.3, 0.4) is 0 Å². The molecule has 1 aromatic heterocycles. The lowest BCUT2D eigenvalue weighted by atomic mass is 9.88. The molecule has 0 amide bonds. The summed E-state index contributed by atoms with van der Waals surface area (Å²) in [5, 5.41) is 15.7. The molecule has 1 atom stereocenters. The fourth-order valence-corrected chi connectivity index (χ4v) is 4.32. The van der Waals surface area contributed by atoms with Crippen LogP contribution in [0.5, 0.6) is 0 Å². The first-order valence-electron chi connectivity index (χ1n) is 7.38. The SMILES string of the molecule is CCCNC(CO)(CCSc1cccs1)c1ccccc1. The molecule has 114 valence electrons. The van der Waals surface area contributed by atoms with Crippen LogP contribution in [0, 0.1) is 0 Å². The van der Waals surface area contributed by atoms with E-state index in [1.807, 2.05) is 30.0 Å². The lowest BCUT2D eigenvalue weighted by Crippen LogP contribution is -2.46. The molecule has 0 saturated heterocycles. The standard InChI is InChI=1S/C17H23NOS2/c1-2-11-18-17(14-19,15-7-4-3-5-8-15)10-13-21-16-9-6-12-20-16/h3-9,12,18-19H,2,10-11,13-14H2,1H3. The van der Waals surface area contributed by atoms with E-state index in [1.54, 1.807) is 11.3 Å². The normalized spacial score (nSPS) is 14.0. The number of benzene rings is 1. The molecule has 0 spiro atoms. The number of nitrogens with one attached hydrogen (secondary N) is 1. The average molecular weight is 322 g/mol. The Kier molecular flexibility index (Phi) is 6.77. The van der Waals surface area contributed by atoms with Crippen molar-refractivity contribution in [3.8, 4) is 0 Å². The predicted molar refractivity (Wildman–Crippen MR) is 93.2 cm³/mol. The van der Waals surface area contributed by atoms with Crippen LogP contribution in [-0.2, 0) is 5.54 Å². The zero-order chi connectivity index (χ0) is 15.0. The molecule has 2 rings (SSSR count). The molecule has 0 aliphatic carbocycles. The van der Waals surface area contributed by atoms with E-state index in [-0.39, 0.29) is 12.1 Å². The molecule has 1 heterocycles. The molecule has 0 fully saturated rings. The highest BCUT2D eigenvalue weighted by Gasteiger charge is 2.30. The Morgan fingerprint density at radius 3 is 2.62 bits per heavy atom. The van der Waals surface area contributed by atoms with E-state index in [0.717, 1.165) is 25.1 Å². The molecule has 0 radical (unpaired) electrons. The van der Waals surface area contributed by atoms with Gasteiger partial charge in [-0.15, -0.1) is 23.1 Å². The van der Waals surface area contributed by atoms with Gasteiger partial charge in [-0.1, -0.05) is 43.3 Å². The van der Waals surface area contributed by atoms with Crippen molar-refractivity contribution in [2.24, 2.45) is 0 Å². The van der Waals surface area contributed by atoms with Crippen molar-refractivity contribution in [2.75, 3.05) is 18.9 Å². The fraction of sp³-hybridized carbons (Fsp3) is 0.412. The second-order valence-corrected chi connectivity index (χ2v) is 7.41. The third-order valence-electron chi connectivity index (χ3n) is 3.58. The maximum atomic E-state index is 10.0. The van der Waals surface area contributed by atoms with Crippen LogP contribution in [-0.4, -0.2) is 24.0 Å². The third-order valence-corrected chi connectivity index (χ3v) is 5.71. The molecule has 0 bridgehead atoms. The predicted octanol–water partition coefficient (Wildman–Crippen LogP) is 4.12. The Bertz CT molecular complexity index is 501. The molecule has 1 unspecified atom stereocenters. The lowest BCUT2D eigenvalue weighted by molar-refractivity contribution is 0.157. The summed E-state index contributed by atoms with van der Waals surface area (Å²) >= 11 is 3.64. The van der Waals surface area contributed by atoms with Gasteiger partial charge in [0.2, 0.25) is 0 Å². The van der Waals surface area contributed by atoms with E-state index < -0.39 is 0 Å². The largest absolute Gasteiger partial charge is 0.394 e. The van der Waals surface area contributed by atoms with Crippen molar-refractivity contribution in [1.29, 1.82) is 0 Å². The summed E-state index contributed by atoms with van der Waals surface area (Å²) in [4.78, 5) is 0. The Labute approximate surface area is 135 Å². The van der Waals surface area contributed by atoms with Crippen LogP contribution < -0.4 is 5.32 Å². The van der Waals surface area contributed by atoms with Crippen molar-refractivity contribution < 1.29 is 5.11 Å². The van der Waals surface area contributed by atoms with Crippen LogP contribution in [0.4, 0.5) is 0 Å². The molecule has 1 aromatic carbocycles. The highest BCUT2D eigenvalue weighted by atomic mass is 32.2. The zero-order valence-corrected chi connectivity index (χ0v) is 14.1. The summed E-state index contributed by atoms with van der Waals surface area (Å²) in [5.41, 5.74) is 0.842. The van der Waals surface area contributed by atoms with Crippen molar-refractivity contribution in [1.82, 2.24) is 5.32 Å². The molecule has 21 heavy (non-hydrogen) atoms. The maximum Gasteiger partial charge on any atom is 0.0677 e. The van der Waals surface area contributed by atoms with Gasteiger partial charge in [0, 0.05) is 5.75 Å². The minimum atomic E-state index is -0.332. The van der Waals surface area contributed by atoms with Gasteiger partial charge in [0.1, 0.15) is 0 Å². The van der Waals surface area contributed by atoms with E-state index in [4.69, 9.17) is 0 Å². The number of hydrogen-bond donors (Lipinski definition) is 2. The number of aliphatic hydroxyl groups is 1. The Morgan fingerprint density at radius 2 is 2.00 bits per heavy atom. The summed E-state index contributed by atoms with van der Waals surface area (Å²) < 4.78 is 1.34. The molecular formula is C17H23NOS2. The number of rotatable bonds is 9. The third kappa shape index (κ3) is 4.58. The summed E-state index contributed by atoms with van der Waals surface area (Å²) in [6, 6.07) is 14.5. The summed E-state index contributed by atoms with van der Waals surface area (Å²) in [7, 11) is 0. The van der Waals surface area contributed by atoms with Gasteiger partial charge in [-0.05, 0) is 36.4 Å². The van der Waals surface area contributed by atoms with Crippen molar-refractivity contribution in [3.63, 3.8) is 0 Å². The van der Waals surface area contributed by atoms with E-state index in [0.29, 0.717) is 0 Å². The first-order valence-corrected chi connectivity index (χ1v) is 9.25. The second kappa shape index (κ2) is 8.59. The summed E-state index contributed by atoms with van der Waals surface area (Å²) in [6.45, 7) is 3.20. The molecule has 2 nitrogen and oxygen atoms in total. The average Bonchev–Trinajstić information content (AvgIpc) is 3.05. The molecule has 2 N–H and O–H groups in total. The van der Waals surface area contributed by atoms with Gasteiger partial charge in [0.25, 0.3) is 0 Å². The second-order valence-electron chi connectivity index (χ2n) is 5.06. The summed E-state index contributed by atoms with van der Waals surface area (Å²) in [5.74, 6) is 0.993. The van der Waals surface area contributed by atoms with E-state index >= 15 is 0 Å². The monoisotopic (exact) mass is 321 g/mol. The minimum absolute atomic E-state index is 0.127. The number of thiophene rings is 1. The molecule has 0 aliphatic rings. The van der Waals surface area contributed by atoms with E-state index in [1.165, 1.54) is 9.77 Å². The number of hydrogen-bond acceptors (Lipinski definition) is 4. The van der Waals surface area contributed by atoms with Gasteiger partial charge in [-0.2, -0.15) is 0 Å². The van der Waals surface area contributed by atoms with E-state index in [2.05, 4.69) is 41.9 Å². The molecule has 4 heteroatoms. The number of aliphatic hydroxyl groups excluding tert-OH is 1. The lowest BCUT2D eigenvalue weighted by Gasteiger charge is -2.34. The van der Waals surface area contributed by atoms with Crippen LogP contribution >= 0.6 is 23.1 Å². The Balaban J connectivity index is 2.07. The van der Waals surface area contributed by atoms with Gasteiger partial charge in [0.15, 0.2) is 0 Å². The van der Waals surface area contributed by atoms with Gasteiger partial charge in [-0.25, -0.2) is 0 Å². The van der Waals surface area contributed by atoms with Crippen LogP contribution in [0.25, 0.3) is 0 Å². The van der Waals surface area contributed by atoms with Gasteiger partial charge in [-0.3, -0.25) is 0 Å². The van der Waals surface area contributed by atoms with Gasteiger partial charge < -0.3 is 10.4 Å².